The zero-order valence-electron chi connectivity index (χ0n) is 14.1. The fraction of sp³-hybridized carbons (Fsp3) is 0.100. The van der Waals surface area contributed by atoms with Crippen molar-refractivity contribution in [2.45, 2.75) is 13.5 Å². The first-order chi connectivity index (χ1) is 12.5. The topological polar surface area (TPSA) is 54.0 Å². The number of hydrogen-bond acceptors (Lipinski definition) is 3. The lowest BCUT2D eigenvalue weighted by atomic mass is 10.1. The summed E-state index contributed by atoms with van der Waals surface area (Å²) in [5.41, 5.74) is 2.13. The summed E-state index contributed by atoms with van der Waals surface area (Å²) in [6, 6.07) is 14.4. The Morgan fingerprint density at radius 2 is 1.77 bits per heavy atom. The highest BCUT2D eigenvalue weighted by molar-refractivity contribution is 5.94. The van der Waals surface area contributed by atoms with Crippen molar-refractivity contribution in [3.63, 3.8) is 0 Å². The van der Waals surface area contributed by atoms with E-state index in [0.717, 1.165) is 23.3 Å². The van der Waals surface area contributed by atoms with Crippen LogP contribution in [0.5, 0.6) is 0 Å². The average Bonchev–Trinajstić information content (AvgIpc) is 2.63. The minimum absolute atomic E-state index is 0.178. The third kappa shape index (κ3) is 4.22. The average molecular weight is 353 g/mol. The van der Waals surface area contributed by atoms with Crippen molar-refractivity contribution in [2.75, 3.05) is 5.32 Å². The quantitative estimate of drug-likeness (QED) is 0.717. The second-order valence-corrected chi connectivity index (χ2v) is 5.82. The number of amides is 1. The zero-order chi connectivity index (χ0) is 18.5. The molecule has 0 aliphatic rings. The summed E-state index contributed by atoms with van der Waals surface area (Å²) in [4.78, 5) is 16.3. The standard InChI is InChI=1S/C20H17F2N3O/c1-13-4-2-5-14(10-13)12-24-20(26)15-8-9-23-18(11-15)25-19-16(21)6-3-7-17(19)22/h2-11H,12H2,1H3,(H,23,25)(H,24,26). The smallest absolute Gasteiger partial charge is 0.251 e. The summed E-state index contributed by atoms with van der Waals surface area (Å²) in [6.07, 6.45) is 1.41. The minimum atomic E-state index is -0.735. The van der Waals surface area contributed by atoms with E-state index in [1.165, 1.54) is 24.4 Å². The van der Waals surface area contributed by atoms with E-state index in [9.17, 15) is 13.6 Å². The molecule has 1 aromatic heterocycles. The Hall–Kier alpha value is -3.28. The number of carbonyl (C=O) groups is 1. The molecule has 2 N–H and O–H groups in total. The highest BCUT2D eigenvalue weighted by atomic mass is 19.1. The second kappa shape index (κ2) is 7.74. The number of pyridine rings is 1. The lowest BCUT2D eigenvalue weighted by Crippen LogP contribution is -2.23. The maximum Gasteiger partial charge on any atom is 0.251 e. The zero-order valence-corrected chi connectivity index (χ0v) is 14.1. The van der Waals surface area contributed by atoms with Crippen molar-refractivity contribution < 1.29 is 13.6 Å². The molecule has 0 atom stereocenters. The largest absolute Gasteiger partial charge is 0.348 e. The molecule has 3 aromatic rings. The molecular weight excluding hydrogens is 336 g/mol. The molecule has 1 heterocycles. The Morgan fingerprint density at radius 1 is 1.04 bits per heavy atom. The Kier molecular flexibility index (Phi) is 5.22. The van der Waals surface area contributed by atoms with Crippen LogP contribution in [-0.4, -0.2) is 10.9 Å². The molecule has 132 valence electrons. The summed E-state index contributed by atoms with van der Waals surface area (Å²) in [5.74, 6) is -1.59. The SMILES string of the molecule is Cc1cccc(CNC(=O)c2ccnc(Nc3c(F)cccc3F)c2)c1. The van der Waals surface area contributed by atoms with E-state index in [2.05, 4.69) is 15.6 Å². The Morgan fingerprint density at radius 3 is 2.50 bits per heavy atom. The number of anilines is 2. The van der Waals surface area contributed by atoms with Gasteiger partial charge in [0.25, 0.3) is 5.91 Å². The molecule has 0 bridgehead atoms. The van der Waals surface area contributed by atoms with Gasteiger partial charge in [-0.1, -0.05) is 35.9 Å². The first-order valence-corrected chi connectivity index (χ1v) is 8.04. The molecular formula is C20H17F2N3O. The molecule has 0 aliphatic heterocycles. The number of para-hydroxylation sites is 1. The summed E-state index contributed by atoms with van der Waals surface area (Å²) in [6.45, 7) is 2.36. The van der Waals surface area contributed by atoms with Crippen molar-refractivity contribution in [1.82, 2.24) is 10.3 Å². The van der Waals surface area contributed by atoms with Gasteiger partial charge in [-0.15, -0.1) is 0 Å². The first-order valence-electron chi connectivity index (χ1n) is 8.04. The van der Waals surface area contributed by atoms with Gasteiger partial charge in [0.2, 0.25) is 0 Å². The van der Waals surface area contributed by atoms with Crippen molar-refractivity contribution in [1.29, 1.82) is 0 Å². The monoisotopic (exact) mass is 353 g/mol. The van der Waals surface area contributed by atoms with Crippen molar-refractivity contribution in [2.24, 2.45) is 0 Å². The van der Waals surface area contributed by atoms with Gasteiger partial charge in [0.1, 0.15) is 23.1 Å². The van der Waals surface area contributed by atoms with E-state index in [0.29, 0.717) is 12.1 Å². The van der Waals surface area contributed by atoms with Crippen LogP contribution in [0, 0.1) is 18.6 Å². The minimum Gasteiger partial charge on any atom is -0.348 e. The lowest BCUT2D eigenvalue weighted by Gasteiger charge is -2.10. The molecule has 2 aromatic carbocycles. The normalized spacial score (nSPS) is 10.4. The molecule has 1 amide bonds. The van der Waals surface area contributed by atoms with Crippen LogP contribution in [0.2, 0.25) is 0 Å². The van der Waals surface area contributed by atoms with Gasteiger partial charge < -0.3 is 10.6 Å². The van der Waals surface area contributed by atoms with Crippen molar-refractivity contribution in [3.05, 3.63) is 89.1 Å². The molecule has 0 spiro atoms. The van der Waals surface area contributed by atoms with Crippen LogP contribution in [0.15, 0.2) is 60.8 Å². The molecule has 6 heteroatoms. The van der Waals surface area contributed by atoms with Gasteiger partial charge in [-0.3, -0.25) is 4.79 Å². The molecule has 0 saturated heterocycles. The van der Waals surface area contributed by atoms with E-state index < -0.39 is 11.6 Å². The van der Waals surface area contributed by atoms with Crippen LogP contribution in [0.4, 0.5) is 20.3 Å². The number of carbonyl (C=O) groups excluding carboxylic acids is 1. The number of aromatic nitrogens is 1. The molecule has 4 nitrogen and oxygen atoms in total. The molecule has 26 heavy (non-hydrogen) atoms. The van der Waals surface area contributed by atoms with Gasteiger partial charge in [0, 0.05) is 18.3 Å². The maximum atomic E-state index is 13.7. The van der Waals surface area contributed by atoms with Crippen LogP contribution >= 0.6 is 0 Å². The van der Waals surface area contributed by atoms with E-state index >= 15 is 0 Å². The first kappa shape index (κ1) is 17.5. The number of nitrogens with zero attached hydrogens (tertiary/aromatic N) is 1. The van der Waals surface area contributed by atoms with Crippen molar-refractivity contribution in [3.8, 4) is 0 Å². The van der Waals surface area contributed by atoms with Crippen molar-refractivity contribution >= 4 is 17.4 Å². The molecule has 0 fully saturated rings. The number of benzene rings is 2. The van der Waals surface area contributed by atoms with E-state index in [4.69, 9.17) is 0 Å². The maximum absolute atomic E-state index is 13.7. The predicted molar refractivity (Wildman–Crippen MR) is 96.2 cm³/mol. The lowest BCUT2D eigenvalue weighted by molar-refractivity contribution is 0.0951. The van der Waals surface area contributed by atoms with E-state index in [-0.39, 0.29) is 17.4 Å². The second-order valence-electron chi connectivity index (χ2n) is 5.82. The molecule has 0 aliphatic carbocycles. The Balaban J connectivity index is 1.71. The summed E-state index contributed by atoms with van der Waals surface area (Å²) in [5, 5.41) is 5.39. The number of halogens is 2. The summed E-state index contributed by atoms with van der Waals surface area (Å²) < 4.78 is 27.5. The van der Waals surface area contributed by atoms with Gasteiger partial charge >= 0.3 is 0 Å². The highest BCUT2D eigenvalue weighted by Crippen LogP contribution is 2.22. The summed E-state index contributed by atoms with van der Waals surface area (Å²) >= 11 is 0. The van der Waals surface area contributed by atoms with Crippen LogP contribution in [0.3, 0.4) is 0 Å². The predicted octanol–water partition coefficient (Wildman–Crippen LogP) is 4.34. The molecule has 0 unspecified atom stereocenters. The number of aryl methyl sites for hydroxylation is 1. The number of rotatable bonds is 5. The van der Waals surface area contributed by atoms with Gasteiger partial charge in [0.05, 0.1) is 0 Å². The van der Waals surface area contributed by atoms with Crippen LogP contribution in [0.1, 0.15) is 21.5 Å². The van der Waals surface area contributed by atoms with E-state index in [1.54, 1.807) is 0 Å². The van der Waals surface area contributed by atoms with Gasteiger partial charge in [-0.25, -0.2) is 13.8 Å². The fourth-order valence-corrected chi connectivity index (χ4v) is 2.49. The highest BCUT2D eigenvalue weighted by Gasteiger charge is 2.11. The Bertz CT molecular complexity index is 924. The van der Waals surface area contributed by atoms with Gasteiger partial charge in [0.15, 0.2) is 0 Å². The number of hydrogen-bond donors (Lipinski definition) is 2. The number of nitrogens with one attached hydrogen (secondary N) is 2. The molecule has 0 radical (unpaired) electrons. The Labute approximate surface area is 149 Å². The van der Waals surface area contributed by atoms with Crippen LogP contribution in [-0.2, 0) is 6.54 Å². The molecule has 3 rings (SSSR count). The molecule has 0 saturated carbocycles. The van der Waals surface area contributed by atoms with Crippen LogP contribution < -0.4 is 10.6 Å². The fourth-order valence-electron chi connectivity index (χ4n) is 2.49. The van der Waals surface area contributed by atoms with Crippen LogP contribution in [0.25, 0.3) is 0 Å². The van der Waals surface area contributed by atoms with E-state index in [1.807, 2.05) is 31.2 Å². The third-order valence-corrected chi connectivity index (χ3v) is 3.77. The van der Waals surface area contributed by atoms with Gasteiger partial charge in [-0.05, 0) is 36.8 Å². The van der Waals surface area contributed by atoms with Gasteiger partial charge in [-0.2, -0.15) is 0 Å². The third-order valence-electron chi connectivity index (χ3n) is 3.77. The summed E-state index contributed by atoms with van der Waals surface area (Å²) in [7, 11) is 0.